The van der Waals surface area contributed by atoms with E-state index in [-0.39, 0.29) is 17.5 Å². The molecule has 0 bridgehead atoms. The van der Waals surface area contributed by atoms with Crippen LogP contribution in [0.2, 0.25) is 0 Å². The summed E-state index contributed by atoms with van der Waals surface area (Å²) in [6, 6.07) is 11.5. The first-order valence-corrected chi connectivity index (χ1v) is 10.1. The number of nitro groups is 1. The van der Waals surface area contributed by atoms with Crippen molar-refractivity contribution in [3.8, 4) is 5.75 Å². The van der Waals surface area contributed by atoms with Crippen LogP contribution in [0.25, 0.3) is 0 Å². The molecule has 0 aliphatic carbocycles. The van der Waals surface area contributed by atoms with Gasteiger partial charge in [0.05, 0.1) is 12.0 Å². The Bertz CT molecular complexity index is 953. The minimum atomic E-state index is -0.468. The Hall–Kier alpha value is -3.46. The van der Waals surface area contributed by atoms with Crippen molar-refractivity contribution in [2.75, 3.05) is 46.4 Å². The van der Waals surface area contributed by atoms with Crippen molar-refractivity contribution in [3.63, 3.8) is 0 Å². The quantitative estimate of drug-likeness (QED) is 0.537. The molecule has 1 fully saturated rings. The lowest BCUT2D eigenvalue weighted by Crippen LogP contribution is -2.50. The van der Waals surface area contributed by atoms with E-state index in [0.29, 0.717) is 61.7 Å². The molecule has 0 aromatic heterocycles. The number of carbonyl (C=O) groups excluding carboxylic acids is 2. The molecule has 2 aromatic carbocycles. The number of hydrogen-bond acceptors (Lipinski definition) is 6. The topological polar surface area (TPSA) is 105 Å². The van der Waals surface area contributed by atoms with Crippen LogP contribution in [0.4, 0.5) is 5.69 Å². The van der Waals surface area contributed by atoms with Gasteiger partial charge in [0.25, 0.3) is 17.5 Å². The summed E-state index contributed by atoms with van der Waals surface area (Å²) in [5.41, 5.74) is 1.39. The number of nitro benzene ring substituents is 1. The molecule has 9 nitrogen and oxygen atoms in total. The van der Waals surface area contributed by atoms with Crippen LogP contribution in [-0.2, 0) is 0 Å². The number of hydrogen-bond donors (Lipinski definition) is 1. The highest BCUT2D eigenvalue weighted by Crippen LogP contribution is 2.20. The first-order chi connectivity index (χ1) is 14.9. The molecule has 0 radical (unpaired) electrons. The van der Waals surface area contributed by atoms with Crippen LogP contribution in [0.3, 0.4) is 0 Å². The number of carbonyl (C=O) groups is 2. The van der Waals surface area contributed by atoms with Gasteiger partial charge in [-0.05, 0) is 37.3 Å². The van der Waals surface area contributed by atoms with Crippen molar-refractivity contribution in [1.82, 2.24) is 15.1 Å². The molecule has 0 saturated carbocycles. The molecule has 1 heterocycles. The van der Waals surface area contributed by atoms with E-state index in [4.69, 9.17) is 4.74 Å². The van der Waals surface area contributed by atoms with E-state index < -0.39 is 4.92 Å². The van der Waals surface area contributed by atoms with Crippen molar-refractivity contribution >= 4 is 17.5 Å². The molecule has 1 aliphatic heterocycles. The third-order valence-electron chi connectivity index (χ3n) is 5.38. The lowest BCUT2D eigenvalue weighted by molar-refractivity contribution is -0.385. The van der Waals surface area contributed by atoms with Crippen LogP contribution in [0.15, 0.2) is 42.5 Å². The average molecular weight is 426 g/mol. The van der Waals surface area contributed by atoms with Gasteiger partial charge in [-0.1, -0.05) is 6.07 Å². The van der Waals surface area contributed by atoms with Crippen LogP contribution in [0.1, 0.15) is 26.3 Å². The first-order valence-electron chi connectivity index (χ1n) is 10.1. The van der Waals surface area contributed by atoms with E-state index >= 15 is 0 Å². The molecule has 2 aromatic rings. The third-order valence-corrected chi connectivity index (χ3v) is 5.38. The molecule has 1 saturated heterocycles. The number of amides is 2. The summed E-state index contributed by atoms with van der Waals surface area (Å²) in [5, 5.41) is 14.0. The molecular weight excluding hydrogens is 400 g/mol. The van der Waals surface area contributed by atoms with Crippen LogP contribution in [-0.4, -0.2) is 72.9 Å². The largest absolute Gasteiger partial charge is 0.497 e. The number of rotatable bonds is 7. The van der Waals surface area contributed by atoms with Crippen molar-refractivity contribution < 1.29 is 19.2 Å². The molecule has 1 aliphatic rings. The zero-order chi connectivity index (χ0) is 22.4. The normalized spacial score (nSPS) is 14.2. The second-order valence-corrected chi connectivity index (χ2v) is 7.38. The summed E-state index contributed by atoms with van der Waals surface area (Å²) in [7, 11) is 1.58. The van der Waals surface area contributed by atoms with Gasteiger partial charge in [-0.2, -0.15) is 0 Å². The van der Waals surface area contributed by atoms with Crippen molar-refractivity contribution in [1.29, 1.82) is 0 Å². The van der Waals surface area contributed by atoms with Gasteiger partial charge in [0.1, 0.15) is 5.75 Å². The fourth-order valence-electron chi connectivity index (χ4n) is 3.47. The summed E-state index contributed by atoms with van der Waals surface area (Å²) in [6.07, 6.45) is 0. The standard InChI is InChI=1S/C22H26N4O5/c1-16-3-4-18(15-20(16)26(29)30)22(28)25-13-11-24(12-14-25)10-9-23-21(27)17-5-7-19(31-2)8-6-17/h3-8,15H,9-14H2,1-2H3,(H,23,27). The summed E-state index contributed by atoms with van der Waals surface area (Å²) in [4.78, 5) is 39.5. The number of ether oxygens (including phenoxy) is 1. The van der Waals surface area contributed by atoms with E-state index in [2.05, 4.69) is 10.2 Å². The van der Waals surface area contributed by atoms with E-state index in [1.54, 1.807) is 55.3 Å². The van der Waals surface area contributed by atoms with Crippen LogP contribution in [0.5, 0.6) is 5.75 Å². The highest BCUT2D eigenvalue weighted by Gasteiger charge is 2.24. The van der Waals surface area contributed by atoms with Gasteiger partial charge in [0.2, 0.25) is 0 Å². The lowest BCUT2D eigenvalue weighted by Gasteiger charge is -2.34. The third kappa shape index (κ3) is 5.58. The number of methoxy groups -OCH3 is 1. The van der Waals surface area contributed by atoms with Gasteiger partial charge in [0.15, 0.2) is 0 Å². The number of nitrogens with one attached hydrogen (secondary N) is 1. The van der Waals surface area contributed by atoms with Gasteiger partial charge in [-0.25, -0.2) is 0 Å². The summed E-state index contributed by atoms with van der Waals surface area (Å²) >= 11 is 0. The number of nitrogens with zero attached hydrogens (tertiary/aromatic N) is 3. The molecule has 9 heteroatoms. The molecule has 0 atom stereocenters. The molecule has 0 spiro atoms. The van der Waals surface area contributed by atoms with Gasteiger partial charge in [-0.3, -0.25) is 24.6 Å². The Morgan fingerprint density at radius 3 is 2.32 bits per heavy atom. The minimum absolute atomic E-state index is 0.0444. The van der Waals surface area contributed by atoms with Crippen LogP contribution < -0.4 is 10.1 Å². The Morgan fingerprint density at radius 2 is 1.71 bits per heavy atom. The number of aryl methyl sites for hydroxylation is 1. The van der Waals surface area contributed by atoms with Crippen molar-refractivity contribution in [3.05, 3.63) is 69.3 Å². The SMILES string of the molecule is COc1ccc(C(=O)NCCN2CCN(C(=O)c3ccc(C)c([N+](=O)[O-])c3)CC2)cc1. The molecule has 1 N–H and O–H groups in total. The van der Waals surface area contributed by atoms with Gasteiger partial charge >= 0.3 is 0 Å². The van der Waals surface area contributed by atoms with E-state index in [1.807, 2.05) is 0 Å². The highest BCUT2D eigenvalue weighted by atomic mass is 16.6. The molecule has 3 rings (SSSR count). The number of benzene rings is 2. The average Bonchev–Trinajstić information content (AvgIpc) is 2.79. The van der Waals surface area contributed by atoms with E-state index in [1.165, 1.54) is 6.07 Å². The molecule has 2 amide bonds. The molecule has 31 heavy (non-hydrogen) atoms. The first kappa shape index (κ1) is 22.2. The summed E-state index contributed by atoms with van der Waals surface area (Å²) in [5.74, 6) is 0.359. The minimum Gasteiger partial charge on any atom is -0.497 e. The Labute approximate surface area is 180 Å². The molecule has 164 valence electrons. The maximum atomic E-state index is 12.7. The Morgan fingerprint density at radius 1 is 1.06 bits per heavy atom. The van der Waals surface area contributed by atoms with Gasteiger partial charge in [0, 0.05) is 62.0 Å². The lowest BCUT2D eigenvalue weighted by atomic mass is 10.1. The zero-order valence-corrected chi connectivity index (χ0v) is 17.7. The summed E-state index contributed by atoms with van der Waals surface area (Å²) < 4.78 is 5.09. The number of piperazine rings is 1. The smallest absolute Gasteiger partial charge is 0.273 e. The Kier molecular flexibility index (Phi) is 7.19. The molecule has 0 unspecified atom stereocenters. The summed E-state index contributed by atoms with van der Waals surface area (Å²) in [6.45, 7) is 5.26. The second kappa shape index (κ2) is 10.0. The maximum Gasteiger partial charge on any atom is 0.273 e. The fraction of sp³-hybridized carbons (Fsp3) is 0.364. The predicted octanol–water partition coefficient (Wildman–Crippen LogP) is 2.10. The monoisotopic (exact) mass is 426 g/mol. The second-order valence-electron chi connectivity index (χ2n) is 7.38. The van der Waals surface area contributed by atoms with Crippen molar-refractivity contribution in [2.24, 2.45) is 0 Å². The van der Waals surface area contributed by atoms with Crippen molar-refractivity contribution in [2.45, 2.75) is 6.92 Å². The van der Waals surface area contributed by atoms with Crippen LogP contribution in [0, 0.1) is 17.0 Å². The maximum absolute atomic E-state index is 12.7. The van der Waals surface area contributed by atoms with E-state index in [9.17, 15) is 19.7 Å². The fourth-order valence-corrected chi connectivity index (χ4v) is 3.47. The predicted molar refractivity (Wildman–Crippen MR) is 116 cm³/mol. The highest BCUT2D eigenvalue weighted by molar-refractivity contribution is 5.95. The zero-order valence-electron chi connectivity index (χ0n) is 17.7. The molecular formula is C22H26N4O5. The van der Waals surface area contributed by atoms with Gasteiger partial charge < -0.3 is 15.0 Å². The Balaban J connectivity index is 1.45. The van der Waals surface area contributed by atoms with Crippen LogP contribution >= 0.6 is 0 Å². The van der Waals surface area contributed by atoms with E-state index in [0.717, 1.165) is 0 Å². The van der Waals surface area contributed by atoms with Gasteiger partial charge in [-0.15, -0.1) is 0 Å².